The molecule has 1 saturated heterocycles. The zero-order valence-electron chi connectivity index (χ0n) is 20.0. The quantitative estimate of drug-likeness (QED) is 0.390. The van der Waals surface area contributed by atoms with Gasteiger partial charge in [-0.1, -0.05) is 6.92 Å². The SMILES string of the molecule is CO.CSC.CSc1cc(NC(=O)c2cc(C(F)(F)F)cnc2N2CCC(F)(F)C(C)C2)ccn1. The number of carbonyl (C=O) groups excluding carboxylic acids is 1. The van der Waals surface area contributed by atoms with Crippen molar-refractivity contribution in [3.8, 4) is 0 Å². The summed E-state index contributed by atoms with van der Waals surface area (Å²) in [6, 6.07) is 3.78. The first-order chi connectivity index (χ1) is 16.4. The third-order valence-electron chi connectivity index (χ3n) is 4.87. The molecule has 6 nitrogen and oxygen atoms in total. The molecule has 0 bridgehead atoms. The molecular weight excluding hydrogens is 511 g/mol. The normalized spacial score (nSPS) is 16.9. The van der Waals surface area contributed by atoms with Crippen molar-refractivity contribution in [2.45, 2.75) is 30.5 Å². The minimum absolute atomic E-state index is 0.0537. The Morgan fingerprint density at radius 1 is 1.20 bits per heavy atom. The van der Waals surface area contributed by atoms with Gasteiger partial charge in [0.05, 0.1) is 16.2 Å². The number of halogens is 5. The van der Waals surface area contributed by atoms with Crippen molar-refractivity contribution in [1.82, 2.24) is 9.97 Å². The number of hydrogen-bond acceptors (Lipinski definition) is 7. The van der Waals surface area contributed by atoms with Gasteiger partial charge in [-0.3, -0.25) is 4.79 Å². The van der Waals surface area contributed by atoms with Crippen molar-refractivity contribution >= 4 is 40.9 Å². The van der Waals surface area contributed by atoms with Crippen molar-refractivity contribution in [2.75, 3.05) is 49.2 Å². The zero-order chi connectivity index (χ0) is 26.8. The van der Waals surface area contributed by atoms with Crippen molar-refractivity contribution in [1.29, 1.82) is 0 Å². The molecule has 0 saturated carbocycles. The lowest BCUT2D eigenvalue weighted by Crippen LogP contribution is -2.46. The van der Waals surface area contributed by atoms with Gasteiger partial charge in [-0.25, -0.2) is 18.7 Å². The molecule has 3 rings (SSSR count). The molecule has 196 valence electrons. The van der Waals surface area contributed by atoms with Gasteiger partial charge in [-0.15, -0.1) is 11.8 Å². The Labute approximate surface area is 210 Å². The van der Waals surface area contributed by atoms with E-state index < -0.39 is 35.9 Å². The van der Waals surface area contributed by atoms with Crippen LogP contribution in [0.2, 0.25) is 0 Å². The first kappa shape index (κ1) is 30.9. The summed E-state index contributed by atoms with van der Waals surface area (Å²) in [5.41, 5.74) is -1.07. The van der Waals surface area contributed by atoms with E-state index in [9.17, 15) is 26.7 Å². The van der Waals surface area contributed by atoms with E-state index in [4.69, 9.17) is 5.11 Å². The maximum Gasteiger partial charge on any atom is 0.417 e. The van der Waals surface area contributed by atoms with E-state index >= 15 is 0 Å². The van der Waals surface area contributed by atoms with Gasteiger partial charge < -0.3 is 15.3 Å². The highest BCUT2D eigenvalue weighted by molar-refractivity contribution is 7.98. The van der Waals surface area contributed by atoms with Crippen LogP contribution in [0.1, 0.15) is 29.3 Å². The number of nitrogens with zero attached hydrogens (tertiary/aromatic N) is 3. The van der Waals surface area contributed by atoms with E-state index in [1.165, 1.54) is 35.8 Å². The lowest BCUT2D eigenvalue weighted by Gasteiger charge is -2.38. The van der Waals surface area contributed by atoms with Crippen LogP contribution in [0.4, 0.5) is 33.5 Å². The Morgan fingerprint density at radius 3 is 2.37 bits per heavy atom. The number of alkyl halides is 5. The number of aliphatic hydroxyl groups is 1. The molecule has 1 aliphatic rings. The Bertz CT molecular complexity index is 964. The number of pyridine rings is 2. The molecule has 0 radical (unpaired) electrons. The molecule has 35 heavy (non-hydrogen) atoms. The Kier molecular flexibility index (Phi) is 12.2. The van der Waals surface area contributed by atoms with E-state index in [-0.39, 0.29) is 24.5 Å². The second kappa shape index (κ2) is 13.8. The number of aliphatic hydroxyl groups excluding tert-OH is 1. The molecule has 0 aliphatic carbocycles. The maximum absolute atomic E-state index is 13.8. The molecule has 2 N–H and O–H groups in total. The molecule has 1 amide bonds. The molecule has 2 aromatic heterocycles. The average Bonchev–Trinajstić information content (AvgIpc) is 2.82. The van der Waals surface area contributed by atoms with Crippen LogP contribution >= 0.6 is 23.5 Å². The van der Waals surface area contributed by atoms with Crippen LogP contribution in [0.3, 0.4) is 0 Å². The van der Waals surface area contributed by atoms with Crippen LogP contribution in [-0.4, -0.2) is 65.9 Å². The van der Waals surface area contributed by atoms with Gasteiger partial charge in [0.1, 0.15) is 5.82 Å². The third kappa shape index (κ3) is 8.80. The summed E-state index contributed by atoms with van der Waals surface area (Å²) < 4.78 is 67.3. The second-order valence-electron chi connectivity index (χ2n) is 7.40. The van der Waals surface area contributed by atoms with E-state index in [0.717, 1.165) is 7.11 Å². The van der Waals surface area contributed by atoms with Gasteiger partial charge in [0.25, 0.3) is 11.8 Å². The van der Waals surface area contributed by atoms with E-state index in [2.05, 4.69) is 15.3 Å². The summed E-state index contributed by atoms with van der Waals surface area (Å²) in [6.07, 6.45) is 2.77. The van der Waals surface area contributed by atoms with Gasteiger partial charge >= 0.3 is 6.18 Å². The number of anilines is 2. The minimum Gasteiger partial charge on any atom is -0.400 e. The number of rotatable bonds is 4. The lowest BCUT2D eigenvalue weighted by atomic mass is 9.95. The average molecular weight is 541 g/mol. The molecule has 3 heterocycles. The first-order valence-corrected chi connectivity index (χ1v) is 13.1. The van der Waals surface area contributed by atoms with Crippen LogP contribution in [0.15, 0.2) is 35.6 Å². The molecule has 1 fully saturated rings. The van der Waals surface area contributed by atoms with Crippen molar-refractivity contribution < 1.29 is 31.9 Å². The van der Waals surface area contributed by atoms with Crippen LogP contribution in [-0.2, 0) is 6.18 Å². The van der Waals surface area contributed by atoms with Gasteiger partial charge in [-0.2, -0.15) is 24.9 Å². The summed E-state index contributed by atoms with van der Waals surface area (Å²) in [5, 5.41) is 10.2. The number of nitrogens with one attached hydrogen (secondary N) is 1. The number of aromatic nitrogens is 2. The van der Waals surface area contributed by atoms with Crippen LogP contribution in [0.25, 0.3) is 0 Å². The highest BCUT2D eigenvalue weighted by atomic mass is 32.2. The van der Waals surface area contributed by atoms with Gasteiger partial charge in [0.2, 0.25) is 0 Å². The molecule has 0 spiro atoms. The molecule has 0 aromatic carbocycles. The van der Waals surface area contributed by atoms with E-state index in [1.807, 2.05) is 12.5 Å². The first-order valence-electron chi connectivity index (χ1n) is 10.3. The minimum atomic E-state index is -4.70. The topological polar surface area (TPSA) is 78.3 Å². The summed E-state index contributed by atoms with van der Waals surface area (Å²) in [6.45, 7) is 1.11. The standard InChI is InChI=1S/C19H19F5N4OS.C2H6S.CH4O/c1-11-10-28(6-4-18(11,20)21)16-14(7-12(9-26-16)19(22,23)24)17(29)27-13-3-5-25-15(8-13)30-2;1-3-2;1-2/h3,5,7-9,11H,4,6,10H2,1-2H3,(H,25,27,29);1-2H3;2H,1H3. The molecule has 1 unspecified atom stereocenters. The predicted molar refractivity (Wildman–Crippen MR) is 132 cm³/mol. The highest BCUT2D eigenvalue weighted by Crippen LogP contribution is 2.37. The van der Waals surface area contributed by atoms with Crippen molar-refractivity contribution in [2.24, 2.45) is 5.92 Å². The Hall–Kier alpha value is -2.12. The van der Waals surface area contributed by atoms with Crippen LogP contribution in [0.5, 0.6) is 0 Å². The highest BCUT2D eigenvalue weighted by Gasteiger charge is 2.42. The van der Waals surface area contributed by atoms with Gasteiger partial charge in [0, 0.05) is 50.6 Å². The smallest absolute Gasteiger partial charge is 0.400 e. The van der Waals surface area contributed by atoms with E-state index in [0.29, 0.717) is 23.0 Å². The number of hydrogen-bond donors (Lipinski definition) is 2. The maximum atomic E-state index is 13.8. The predicted octanol–water partition coefficient (Wildman–Crippen LogP) is 5.54. The zero-order valence-corrected chi connectivity index (χ0v) is 21.6. The summed E-state index contributed by atoms with van der Waals surface area (Å²) in [7, 11) is 1.00. The van der Waals surface area contributed by atoms with Gasteiger partial charge in [-0.05, 0) is 37.0 Å². The van der Waals surface area contributed by atoms with Crippen molar-refractivity contribution in [3.63, 3.8) is 0 Å². The molecule has 2 aromatic rings. The molecular formula is C22H29F5N4O2S2. The third-order valence-corrected chi connectivity index (χ3v) is 5.51. The van der Waals surface area contributed by atoms with E-state index in [1.54, 1.807) is 24.1 Å². The summed E-state index contributed by atoms with van der Waals surface area (Å²) in [5.74, 6) is -4.78. The number of thioether (sulfide) groups is 2. The number of piperidine rings is 1. The second-order valence-corrected chi connectivity index (χ2v) is 9.04. The summed E-state index contributed by atoms with van der Waals surface area (Å²) >= 11 is 3.08. The number of amides is 1. The molecule has 1 atom stereocenters. The van der Waals surface area contributed by atoms with Gasteiger partial charge in [0.15, 0.2) is 0 Å². The van der Waals surface area contributed by atoms with Crippen LogP contribution < -0.4 is 10.2 Å². The molecule has 1 aliphatic heterocycles. The fraction of sp³-hybridized carbons (Fsp3) is 0.500. The van der Waals surface area contributed by atoms with Crippen LogP contribution in [0, 0.1) is 5.92 Å². The Morgan fingerprint density at radius 2 is 1.83 bits per heavy atom. The van der Waals surface area contributed by atoms with Crippen molar-refractivity contribution in [3.05, 3.63) is 41.7 Å². The number of carbonyl (C=O) groups is 1. The monoisotopic (exact) mass is 540 g/mol. The Balaban J connectivity index is 0.00000114. The fourth-order valence-electron chi connectivity index (χ4n) is 3.11. The fourth-order valence-corrected chi connectivity index (χ4v) is 3.52. The summed E-state index contributed by atoms with van der Waals surface area (Å²) in [4.78, 5) is 22.2. The lowest BCUT2D eigenvalue weighted by molar-refractivity contribution is -0.137. The largest absolute Gasteiger partial charge is 0.417 e. The molecule has 13 heteroatoms.